The second kappa shape index (κ2) is 6.00. The van der Waals surface area contributed by atoms with Crippen LogP contribution < -0.4 is 10.5 Å². The molecule has 0 unspecified atom stereocenters. The van der Waals surface area contributed by atoms with Gasteiger partial charge in [0.15, 0.2) is 0 Å². The lowest BCUT2D eigenvalue weighted by Crippen LogP contribution is -2.05. The first kappa shape index (κ1) is 12.4. The Bertz CT molecular complexity index is 473. The molecule has 2 aromatic heterocycles. The van der Waals surface area contributed by atoms with Crippen LogP contribution >= 0.6 is 22.9 Å². The molecule has 0 aromatic carbocycles. The number of hydrogen-bond donors (Lipinski definition) is 1. The summed E-state index contributed by atoms with van der Waals surface area (Å²) in [6.45, 7) is 0.931. The van der Waals surface area contributed by atoms with Gasteiger partial charge in [0, 0.05) is 23.9 Å². The molecule has 2 aromatic rings. The SMILES string of the molecule is NCc1nc(OCCc2cccs2)ccc1Cl. The van der Waals surface area contributed by atoms with Crippen LogP contribution in [0.4, 0.5) is 0 Å². The van der Waals surface area contributed by atoms with Crippen molar-refractivity contribution in [2.45, 2.75) is 13.0 Å². The van der Waals surface area contributed by atoms with E-state index in [1.165, 1.54) is 4.88 Å². The van der Waals surface area contributed by atoms with E-state index in [4.69, 9.17) is 22.1 Å². The maximum atomic E-state index is 5.92. The fourth-order valence-corrected chi connectivity index (χ4v) is 2.27. The van der Waals surface area contributed by atoms with Gasteiger partial charge in [-0.1, -0.05) is 17.7 Å². The molecule has 0 radical (unpaired) electrons. The average molecular weight is 269 g/mol. The van der Waals surface area contributed by atoms with Crippen molar-refractivity contribution >= 4 is 22.9 Å². The van der Waals surface area contributed by atoms with E-state index in [9.17, 15) is 0 Å². The fourth-order valence-electron chi connectivity index (χ4n) is 1.40. The van der Waals surface area contributed by atoms with Crippen LogP contribution in [0.1, 0.15) is 10.6 Å². The van der Waals surface area contributed by atoms with E-state index in [1.54, 1.807) is 23.5 Å². The van der Waals surface area contributed by atoms with Crippen molar-refractivity contribution in [2.24, 2.45) is 5.73 Å². The molecule has 0 fully saturated rings. The number of aromatic nitrogens is 1. The summed E-state index contributed by atoms with van der Waals surface area (Å²) in [5, 5.41) is 2.64. The van der Waals surface area contributed by atoms with Gasteiger partial charge in [0.2, 0.25) is 5.88 Å². The zero-order valence-corrected chi connectivity index (χ0v) is 10.8. The van der Waals surface area contributed by atoms with Gasteiger partial charge >= 0.3 is 0 Å². The Morgan fingerprint density at radius 3 is 2.94 bits per heavy atom. The molecule has 0 aliphatic carbocycles. The summed E-state index contributed by atoms with van der Waals surface area (Å²) in [6.07, 6.45) is 0.889. The van der Waals surface area contributed by atoms with E-state index in [-0.39, 0.29) is 0 Å². The first-order valence-corrected chi connectivity index (χ1v) is 6.56. The molecule has 0 amide bonds. The van der Waals surface area contributed by atoms with E-state index in [1.807, 2.05) is 6.07 Å². The number of halogens is 1. The number of nitrogens with zero attached hydrogens (tertiary/aromatic N) is 1. The standard InChI is InChI=1S/C12H13ClN2OS/c13-10-3-4-12(15-11(10)8-14)16-6-5-9-2-1-7-17-9/h1-4,7H,5-6,8,14H2. The minimum Gasteiger partial charge on any atom is -0.477 e. The van der Waals surface area contributed by atoms with Crippen LogP contribution in [-0.2, 0) is 13.0 Å². The minimum atomic E-state index is 0.320. The van der Waals surface area contributed by atoms with Gasteiger partial charge in [-0.05, 0) is 17.5 Å². The van der Waals surface area contributed by atoms with E-state index >= 15 is 0 Å². The summed E-state index contributed by atoms with van der Waals surface area (Å²) in [5.41, 5.74) is 6.19. The molecule has 2 N–H and O–H groups in total. The first-order chi connectivity index (χ1) is 8.29. The van der Waals surface area contributed by atoms with Gasteiger partial charge in [-0.15, -0.1) is 11.3 Å². The van der Waals surface area contributed by atoms with Gasteiger partial charge in [0.05, 0.1) is 17.3 Å². The van der Waals surface area contributed by atoms with Crippen LogP contribution in [0.15, 0.2) is 29.6 Å². The molecule has 90 valence electrons. The second-order valence-corrected chi connectivity index (χ2v) is 4.90. The van der Waals surface area contributed by atoms with Crippen LogP contribution in [0.2, 0.25) is 5.02 Å². The van der Waals surface area contributed by atoms with Crippen molar-refractivity contribution in [1.82, 2.24) is 4.98 Å². The normalized spacial score (nSPS) is 10.5. The molecule has 0 saturated carbocycles. The molecule has 5 heteroatoms. The molecule has 0 saturated heterocycles. The Kier molecular flexibility index (Phi) is 4.36. The Balaban J connectivity index is 1.90. The third-order valence-electron chi connectivity index (χ3n) is 2.26. The summed E-state index contributed by atoms with van der Waals surface area (Å²) in [5.74, 6) is 0.575. The number of rotatable bonds is 5. The number of thiophene rings is 1. The highest BCUT2D eigenvalue weighted by Crippen LogP contribution is 2.18. The highest BCUT2D eigenvalue weighted by Gasteiger charge is 2.03. The van der Waals surface area contributed by atoms with Crippen LogP contribution in [0, 0.1) is 0 Å². The second-order valence-electron chi connectivity index (χ2n) is 3.46. The van der Waals surface area contributed by atoms with E-state index in [0.29, 0.717) is 29.7 Å². The molecule has 3 nitrogen and oxygen atoms in total. The van der Waals surface area contributed by atoms with Gasteiger partial charge in [0.1, 0.15) is 0 Å². The van der Waals surface area contributed by atoms with Crippen molar-refractivity contribution in [3.8, 4) is 5.88 Å². The van der Waals surface area contributed by atoms with Crippen LogP contribution in [0.25, 0.3) is 0 Å². The van der Waals surface area contributed by atoms with Crippen molar-refractivity contribution < 1.29 is 4.74 Å². The van der Waals surface area contributed by atoms with Gasteiger partial charge < -0.3 is 10.5 Å². The van der Waals surface area contributed by atoms with E-state index < -0.39 is 0 Å². The zero-order chi connectivity index (χ0) is 12.1. The van der Waals surface area contributed by atoms with Crippen LogP contribution in [0.3, 0.4) is 0 Å². The number of nitrogens with two attached hydrogens (primary N) is 1. The molecule has 2 heterocycles. The molecular formula is C12H13ClN2OS. The smallest absolute Gasteiger partial charge is 0.213 e. The Morgan fingerprint density at radius 1 is 1.35 bits per heavy atom. The average Bonchev–Trinajstić information content (AvgIpc) is 2.84. The lowest BCUT2D eigenvalue weighted by Gasteiger charge is -2.06. The number of hydrogen-bond acceptors (Lipinski definition) is 4. The quantitative estimate of drug-likeness (QED) is 0.907. The van der Waals surface area contributed by atoms with Crippen LogP contribution in [0.5, 0.6) is 5.88 Å². The highest BCUT2D eigenvalue weighted by atomic mass is 35.5. The van der Waals surface area contributed by atoms with Gasteiger partial charge in [-0.2, -0.15) is 0 Å². The molecule has 0 aliphatic heterocycles. The largest absolute Gasteiger partial charge is 0.477 e. The minimum absolute atomic E-state index is 0.320. The fraction of sp³-hybridized carbons (Fsp3) is 0.250. The van der Waals surface area contributed by atoms with Crippen LogP contribution in [-0.4, -0.2) is 11.6 Å². The molecule has 17 heavy (non-hydrogen) atoms. The molecular weight excluding hydrogens is 256 g/mol. The Morgan fingerprint density at radius 2 is 2.24 bits per heavy atom. The zero-order valence-electron chi connectivity index (χ0n) is 9.23. The van der Waals surface area contributed by atoms with Crippen molar-refractivity contribution in [2.75, 3.05) is 6.61 Å². The molecule has 2 rings (SSSR count). The van der Waals surface area contributed by atoms with Gasteiger partial charge in [-0.3, -0.25) is 0 Å². The predicted molar refractivity (Wildman–Crippen MR) is 70.7 cm³/mol. The summed E-state index contributed by atoms with van der Waals surface area (Å²) < 4.78 is 5.56. The van der Waals surface area contributed by atoms with Crippen molar-refractivity contribution in [3.63, 3.8) is 0 Å². The maximum Gasteiger partial charge on any atom is 0.213 e. The molecule has 0 bridgehead atoms. The maximum absolute atomic E-state index is 5.92. The topological polar surface area (TPSA) is 48.1 Å². The van der Waals surface area contributed by atoms with Crippen molar-refractivity contribution in [3.05, 3.63) is 45.2 Å². The predicted octanol–water partition coefficient (Wildman–Crippen LogP) is 2.88. The molecule has 0 spiro atoms. The van der Waals surface area contributed by atoms with E-state index in [2.05, 4.69) is 16.4 Å². The third-order valence-corrected chi connectivity index (χ3v) is 3.55. The molecule has 0 aliphatic rings. The van der Waals surface area contributed by atoms with Crippen molar-refractivity contribution in [1.29, 1.82) is 0 Å². The summed E-state index contributed by atoms with van der Waals surface area (Å²) in [7, 11) is 0. The van der Waals surface area contributed by atoms with Gasteiger partial charge in [0.25, 0.3) is 0 Å². The summed E-state index contributed by atoms with van der Waals surface area (Å²) in [6, 6.07) is 7.65. The Labute approximate surface area is 109 Å². The monoisotopic (exact) mass is 268 g/mol. The molecule has 0 atom stereocenters. The van der Waals surface area contributed by atoms with E-state index in [0.717, 1.165) is 6.42 Å². The first-order valence-electron chi connectivity index (χ1n) is 5.30. The van der Waals surface area contributed by atoms with Gasteiger partial charge in [-0.25, -0.2) is 4.98 Å². The highest BCUT2D eigenvalue weighted by molar-refractivity contribution is 7.09. The third kappa shape index (κ3) is 3.43. The summed E-state index contributed by atoms with van der Waals surface area (Å²) >= 11 is 7.64. The number of pyridine rings is 1. The number of ether oxygens (including phenoxy) is 1. The summed E-state index contributed by atoms with van der Waals surface area (Å²) in [4.78, 5) is 5.54. The lowest BCUT2D eigenvalue weighted by atomic mass is 10.3. The lowest BCUT2D eigenvalue weighted by molar-refractivity contribution is 0.309. The Hall–Kier alpha value is -1.10.